The van der Waals surface area contributed by atoms with E-state index in [1.165, 1.54) is 6.42 Å². The fourth-order valence-corrected chi connectivity index (χ4v) is 2.87. The van der Waals surface area contributed by atoms with Crippen LogP contribution >= 0.6 is 0 Å². The lowest BCUT2D eigenvalue weighted by Gasteiger charge is -2.27. The number of carbonyl (C=O) groups excluding carboxylic acids is 1. The molecule has 1 saturated heterocycles. The zero-order valence-corrected chi connectivity index (χ0v) is 9.90. The van der Waals surface area contributed by atoms with E-state index in [1.807, 2.05) is 18.7 Å². The van der Waals surface area contributed by atoms with Crippen LogP contribution in [0.15, 0.2) is 0 Å². The van der Waals surface area contributed by atoms with Gasteiger partial charge in [0.25, 0.3) is 0 Å². The highest BCUT2D eigenvalue weighted by atomic mass is 16.4. The number of amides is 1. The molecule has 0 radical (unpaired) electrons. The zero-order chi connectivity index (χ0) is 11.9. The van der Waals surface area contributed by atoms with Crippen LogP contribution in [0.4, 0.5) is 0 Å². The highest BCUT2D eigenvalue weighted by Crippen LogP contribution is 2.59. The number of aliphatic carboxylic acids is 1. The van der Waals surface area contributed by atoms with E-state index in [0.29, 0.717) is 0 Å². The van der Waals surface area contributed by atoms with Gasteiger partial charge in [-0.15, -0.1) is 0 Å². The Bertz CT molecular complexity index is 318. The van der Waals surface area contributed by atoms with Crippen molar-refractivity contribution in [3.63, 3.8) is 0 Å². The Labute approximate surface area is 95.6 Å². The Balaban J connectivity index is 2.03. The number of likely N-dealkylation sites (tertiary alicyclic amines) is 1. The lowest BCUT2D eigenvalue weighted by molar-refractivity contribution is -0.142. The van der Waals surface area contributed by atoms with Crippen LogP contribution < -0.4 is 0 Å². The van der Waals surface area contributed by atoms with Gasteiger partial charge in [0.15, 0.2) is 0 Å². The van der Waals surface area contributed by atoms with Gasteiger partial charge in [-0.3, -0.25) is 9.59 Å². The third-order valence-corrected chi connectivity index (χ3v) is 4.03. The van der Waals surface area contributed by atoms with Crippen molar-refractivity contribution in [3.8, 4) is 0 Å². The summed E-state index contributed by atoms with van der Waals surface area (Å²) in [5.74, 6) is -1.57. The highest BCUT2D eigenvalue weighted by Gasteiger charge is 2.66. The van der Waals surface area contributed by atoms with Crippen LogP contribution in [0.5, 0.6) is 0 Å². The van der Waals surface area contributed by atoms with Crippen molar-refractivity contribution in [2.75, 3.05) is 13.1 Å². The number of carboxylic acid groups (broad SMARTS) is 1. The Kier molecular flexibility index (Phi) is 2.68. The summed E-state index contributed by atoms with van der Waals surface area (Å²) in [5, 5.41) is 9.04. The van der Waals surface area contributed by atoms with Crippen LogP contribution in [-0.4, -0.2) is 35.0 Å². The van der Waals surface area contributed by atoms with E-state index in [4.69, 9.17) is 5.11 Å². The molecular formula is C12H19NO3. The van der Waals surface area contributed by atoms with Gasteiger partial charge in [0.05, 0.1) is 11.8 Å². The molecule has 16 heavy (non-hydrogen) atoms. The summed E-state index contributed by atoms with van der Waals surface area (Å²) < 4.78 is 0. The largest absolute Gasteiger partial charge is 0.481 e. The third-order valence-electron chi connectivity index (χ3n) is 4.03. The molecule has 1 saturated carbocycles. The lowest BCUT2D eigenvalue weighted by atomic mass is 10.1. The first-order chi connectivity index (χ1) is 7.46. The Morgan fingerprint density at radius 2 is 1.69 bits per heavy atom. The summed E-state index contributed by atoms with van der Waals surface area (Å²) in [4.78, 5) is 25.0. The van der Waals surface area contributed by atoms with Crippen LogP contribution in [0, 0.1) is 17.3 Å². The first kappa shape index (κ1) is 11.4. The van der Waals surface area contributed by atoms with Crippen LogP contribution in [0.3, 0.4) is 0 Å². The number of hydrogen-bond acceptors (Lipinski definition) is 2. The zero-order valence-electron chi connectivity index (χ0n) is 9.90. The molecule has 90 valence electrons. The van der Waals surface area contributed by atoms with Gasteiger partial charge in [0.2, 0.25) is 5.91 Å². The minimum Gasteiger partial charge on any atom is -0.481 e. The summed E-state index contributed by atoms with van der Waals surface area (Å²) in [6, 6.07) is 0. The number of carboxylic acids is 1. The number of rotatable bonds is 2. The summed E-state index contributed by atoms with van der Waals surface area (Å²) in [5.41, 5.74) is -0.361. The summed E-state index contributed by atoms with van der Waals surface area (Å²) in [6.45, 7) is 5.35. The first-order valence-corrected chi connectivity index (χ1v) is 5.98. The average molecular weight is 225 g/mol. The van der Waals surface area contributed by atoms with Crippen molar-refractivity contribution >= 4 is 11.9 Å². The molecule has 1 N–H and O–H groups in total. The molecule has 0 aromatic heterocycles. The molecule has 1 heterocycles. The number of carbonyl (C=O) groups is 2. The van der Waals surface area contributed by atoms with E-state index in [0.717, 1.165) is 25.9 Å². The van der Waals surface area contributed by atoms with Gasteiger partial charge >= 0.3 is 5.97 Å². The second kappa shape index (κ2) is 3.75. The Morgan fingerprint density at radius 3 is 2.12 bits per heavy atom. The molecule has 1 aliphatic heterocycles. The molecule has 0 bridgehead atoms. The molecule has 4 nitrogen and oxygen atoms in total. The summed E-state index contributed by atoms with van der Waals surface area (Å²) in [6.07, 6.45) is 3.29. The topological polar surface area (TPSA) is 57.6 Å². The molecule has 0 aromatic rings. The summed E-state index contributed by atoms with van der Waals surface area (Å²) in [7, 11) is 0. The van der Waals surface area contributed by atoms with Crippen LogP contribution in [-0.2, 0) is 9.59 Å². The molecule has 0 spiro atoms. The predicted molar refractivity (Wildman–Crippen MR) is 58.8 cm³/mol. The van der Waals surface area contributed by atoms with E-state index in [9.17, 15) is 9.59 Å². The molecule has 2 atom stereocenters. The van der Waals surface area contributed by atoms with E-state index in [2.05, 4.69) is 0 Å². The van der Waals surface area contributed by atoms with E-state index < -0.39 is 11.9 Å². The van der Waals surface area contributed by atoms with Crippen LogP contribution in [0.1, 0.15) is 33.1 Å². The Hall–Kier alpha value is -1.06. The number of nitrogens with zero attached hydrogens (tertiary/aromatic N) is 1. The van der Waals surface area contributed by atoms with Gasteiger partial charge in [0, 0.05) is 13.1 Å². The monoisotopic (exact) mass is 225 g/mol. The molecule has 0 aromatic carbocycles. The fraction of sp³-hybridized carbons (Fsp3) is 0.833. The molecule has 1 aliphatic carbocycles. The smallest absolute Gasteiger partial charge is 0.307 e. The lowest BCUT2D eigenvalue weighted by Crippen LogP contribution is -2.37. The van der Waals surface area contributed by atoms with Gasteiger partial charge < -0.3 is 10.0 Å². The maximum absolute atomic E-state index is 12.2. The van der Waals surface area contributed by atoms with Gasteiger partial charge in [-0.1, -0.05) is 13.8 Å². The van der Waals surface area contributed by atoms with Crippen molar-refractivity contribution in [1.82, 2.24) is 4.90 Å². The van der Waals surface area contributed by atoms with Crippen molar-refractivity contribution < 1.29 is 14.7 Å². The SMILES string of the molecule is CC1(C)[C@H](C(=O)O)[C@@H]1C(=O)N1CCCCC1. The maximum Gasteiger partial charge on any atom is 0.307 e. The third kappa shape index (κ3) is 1.70. The van der Waals surface area contributed by atoms with Crippen LogP contribution in [0.25, 0.3) is 0 Å². The van der Waals surface area contributed by atoms with E-state index >= 15 is 0 Å². The molecule has 1 amide bonds. The van der Waals surface area contributed by atoms with Crippen molar-refractivity contribution in [3.05, 3.63) is 0 Å². The molecule has 4 heteroatoms. The number of hydrogen-bond donors (Lipinski definition) is 1. The minimum absolute atomic E-state index is 0.0529. The Morgan fingerprint density at radius 1 is 1.12 bits per heavy atom. The van der Waals surface area contributed by atoms with Crippen molar-refractivity contribution in [1.29, 1.82) is 0 Å². The van der Waals surface area contributed by atoms with Crippen molar-refractivity contribution in [2.45, 2.75) is 33.1 Å². The van der Waals surface area contributed by atoms with Gasteiger partial charge in [0.1, 0.15) is 0 Å². The maximum atomic E-state index is 12.2. The second-order valence-corrected chi connectivity index (χ2v) is 5.50. The van der Waals surface area contributed by atoms with Gasteiger partial charge in [-0.25, -0.2) is 0 Å². The van der Waals surface area contributed by atoms with Crippen molar-refractivity contribution in [2.24, 2.45) is 17.3 Å². The summed E-state index contributed by atoms with van der Waals surface area (Å²) >= 11 is 0. The molecular weight excluding hydrogens is 206 g/mol. The standard InChI is InChI=1S/C12H19NO3/c1-12(2)8(9(12)11(15)16)10(14)13-6-4-3-5-7-13/h8-9H,3-7H2,1-2H3,(H,15,16)/t8-,9+/m1/s1. The molecule has 2 aliphatic rings. The molecule has 2 rings (SSSR count). The van der Waals surface area contributed by atoms with Gasteiger partial charge in [-0.05, 0) is 24.7 Å². The van der Waals surface area contributed by atoms with Crippen LogP contribution in [0.2, 0.25) is 0 Å². The van der Waals surface area contributed by atoms with Gasteiger partial charge in [-0.2, -0.15) is 0 Å². The van der Waals surface area contributed by atoms with E-state index in [-0.39, 0.29) is 17.2 Å². The molecule has 0 unspecified atom stereocenters. The first-order valence-electron chi connectivity index (χ1n) is 5.98. The normalized spacial score (nSPS) is 32.2. The quantitative estimate of drug-likeness (QED) is 0.772. The van der Waals surface area contributed by atoms with E-state index in [1.54, 1.807) is 0 Å². The highest BCUT2D eigenvalue weighted by molar-refractivity contribution is 5.91. The predicted octanol–water partition coefficient (Wildman–Crippen LogP) is 1.36. The number of piperidine rings is 1. The second-order valence-electron chi connectivity index (χ2n) is 5.50. The fourth-order valence-electron chi connectivity index (χ4n) is 2.87. The average Bonchev–Trinajstić information content (AvgIpc) is 2.82. The molecule has 2 fully saturated rings. The minimum atomic E-state index is -0.833.